The third-order valence-electron chi connectivity index (χ3n) is 2.89. The Hall–Kier alpha value is -1.90. The van der Waals surface area contributed by atoms with Crippen molar-refractivity contribution < 1.29 is 0 Å². The van der Waals surface area contributed by atoms with Crippen molar-refractivity contribution in [2.75, 3.05) is 5.73 Å². The van der Waals surface area contributed by atoms with Gasteiger partial charge in [0.2, 0.25) is 0 Å². The Balaban J connectivity index is 2.36. The van der Waals surface area contributed by atoms with Crippen LogP contribution in [0.5, 0.6) is 0 Å². The van der Waals surface area contributed by atoms with Crippen molar-refractivity contribution in [1.82, 2.24) is 9.97 Å². The zero-order valence-corrected chi connectivity index (χ0v) is 10.3. The minimum absolute atomic E-state index is 0.549. The summed E-state index contributed by atoms with van der Waals surface area (Å²) in [6, 6.07) is 8.49. The van der Waals surface area contributed by atoms with Gasteiger partial charge in [-0.15, -0.1) is 0 Å². The van der Waals surface area contributed by atoms with E-state index in [-0.39, 0.29) is 0 Å². The van der Waals surface area contributed by atoms with Gasteiger partial charge in [0, 0.05) is 11.1 Å². The van der Waals surface area contributed by atoms with Crippen LogP contribution < -0.4 is 5.73 Å². The second-order valence-electron chi connectivity index (χ2n) is 4.18. The highest BCUT2D eigenvalue weighted by molar-refractivity contribution is 5.66. The summed E-state index contributed by atoms with van der Waals surface area (Å²) < 4.78 is 0. The van der Waals surface area contributed by atoms with Crippen molar-refractivity contribution in [1.29, 1.82) is 0 Å². The van der Waals surface area contributed by atoms with Crippen LogP contribution in [-0.4, -0.2) is 9.97 Å². The average Bonchev–Trinajstić information content (AvgIpc) is 2.34. The van der Waals surface area contributed by atoms with Crippen LogP contribution in [0.1, 0.15) is 24.5 Å². The maximum absolute atomic E-state index is 5.78. The summed E-state index contributed by atoms with van der Waals surface area (Å²) in [5, 5.41) is 0. The molecule has 0 spiro atoms. The number of hydrogen-bond donors (Lipinski definition) is 1. The zero-order chi connectivity index (χ0) is 12.3. The lowest BCUT2D eigenvalue weighted by atomic mass is 10.0. The van der Waals surface area contributed by atoms with Gasteiger partial charge in [-0.25, -0.2) is 9.97 Å². The Morgan fingerprint density at radius 2 is 1.82 bits per heavy atom. The Kier molecular flexibility index (Phi) is 3.38. The average molecular weight is 227 g/mol. The zero-order valence-electron chi connectivity index (χ0n) is 10.3. The molecular weight excluding hydrogens is 210 g/mol. The standard InChI is InChI=1S/C14H17N3/c1-3-4-11-5-7-12(8-6-11)13-10(2)14(15)17-9-16-13/h5-9H,3-4H2,1-2H3,(H2,15,16,17). The summed E-state index contributed by atoms with van der Waals surface area (Å²) in [6.07, 6.45) is 3.79. The number of aromatic nitrogens is 2. The molecule has 88 valence electrons. The number of nitrogens with two attached hydrogens (primary N) is 1. The predicted octanol–water partition coefficient (Wildman–Crippen LogP) is 2.99. The molecule has 0 unspecified atom stereocenters. The van der Waals surface area contributed by atoms with Crippen LogP contribution in [0.2, 0.25) is 0 Å². The molecule has 0 bridgehead atoms. The summed E-state index contributed by atoms with van der Waals surface area (Å²) in [4.78, 5) is 8.27. The quantitative estimate of drug-likeness (QED) is 0.877. The van der Waals surface area contributed by atoms with E-state index in [9.17, 15) is 0 Å². The van der Waals surface area contributed by atoms with Crippen molar-refractivity contribution in [2.45, 2.75) is 26.7 Å². The molecule has 0 aliphatic carbocycles. The molecule has 3 nitrogen and oxygen atoms in total. The van der Waals surface area contributed by atoms with E-state index in [1.165, 1.54) is 18.3 Å². The van der Waals surface area contributed by atoms with Gasteiger partial charge < -0.3 is 5.73 Å². The minimum atomic E-state index is 0.549. The molecule has 2 aromatic rings. The highest BCUT2D eigenvalue weighted by Crippen LogP contribution is 2.23. The van der Waals surface area contributed by atoms with Gasteiger partial charge in [-0.1, -0.05) is 37.6 Å². The third kappa shape index (κ3) is 2.44. The van der Waals surface area contributed by atoms with Crippen molar-refractivity contribution in [2.24, 2.45) is 0 Å². The Labute approximate surface area is 102 Å². The van der Waals surface area contributed by atoms with E-state index in [1.807, 2.05) is 6.92 Å². The monoisotopic (exact) mass is 227 g/mol. The fraction of sp³-hybridized carbons (Fsp3) is 0.286. The highest BCUT2D eigenvalue weighted by Gasteiger charge is 2.06. The van der Waals surface area contributed by atoms with Crippen molar-refractivity contribution in [3.05, 3.63) is 41.7 Å². The van der Waals surface area contributed by atoms with E-state index in [2.05, 4.69) is 41.2 Å². The Morgan fingerprint density at radius 1 is 1.12 bits per heavy atom. The molecule has 3 heteroatoms. The molecule has 0 aliphatic heterocycles. The molecule has 0 radical (unpaired) electrons. The van der Waals surface area contributed by atoms with Crippen LogP contribution in [0.3, 0.4) is 0 Å². The number of anilines is 1. The van der Waals surface area contributed by atoms with E-state index in [1.54, 1.807) is 0 Å². The van der Waals surface area contributed by atoms with Crippen LogP contribution in [0.15, 0.2) is 30.6 Å². The smallest absolute Gasteiger partial charge is 0.130 e. The molecule has 1 aromatic heterocycles. The first kappa shape index (κ1) is 11.6. The van der Waals surface area contributed by atoms with Crippen LogP contribution >= 0.6 is 0 Å². The van der Waals surface area contributed by atoms with Crippen LogP contribution in [-0.2, 0) is 6.42 Å². The van der Waals surface area contributed by atoms with E-state index < -0.39 is 0 Å². The lowest BCUT2D eigenvalue weighted by molar-refractivity contribution is 0.922. The molecule has 1 heterocycles. The maximum Gasteiger partial charge on any atom is 0.130 e. The molecule has 0 saturated carbocycles. The number of nitrogen functional groups attached to an aromatic ring is 1. The second-order valence-corrected chi connectivity index (χ2v) is 4.18. The van der Waals surface area contributed by atoms with Crippen LogP contribution in [0.4, 0.5) is 5.82 Å². The van der Waals surface area contributed by atoms with Crippen LogP contribution in [0, 0.1) is 6.92 Å². The summed E-state index contributed by atoms with van der Waals surface area (Å²) >= 11 is 0. The minimum Gasteiger partial charge on any atom is -0.383 e. The van der Waals surface area contributed by atoms with Gasteiger partial charge in [-0.05, 0) is 18.9 Å². The number of rotatable bonds is 3. The summed E-state index contributed by atoms with van der Waals surface area (Å²) in [5.41, 5.74) is 10.1. The van der Waals surface area contributed by atoms with E-state index in [0.29, 0.717) is 5.82 Å². The Morgan fingerprint density at radius 3 is 2.47 bits per heavy atom. The summed E-state index contributed by atoms with van der Waals surface area (Å²) in [7, 11) is 0. The first-order valence-corrected chi connectivity index (χ1v) is 5.88. The molecule has 0 fully saturated rings. The summed E-state index contributed by atoms with van der Waals surface area (Å²) in [6.45, 7) is 4.13. The van der Waals surface area contributed by atoms with Crippen LogP contribution in [0.25, 0.3) is 11.3 Å². The molecule has 1 aromatic carbocycles. The predicted molar refractivity (Wildman–Crippen MR) is 70.6 cm³/mol. The largest absolute Gasteiger partial charge is 0.383 e. The molecular formula is C14H17N3. The van der Waals surface area contributed by atoms with Crippen molar-refractivity contribution in [3.63, 3.8) is 0 Å². The molecule has 0 saturated heterocycles. The number of hydrogen-bond acceptors (Lipinski definition) is 3. The first-order chi connectivity index (χ1) is 8.22. The number of aryl methyl sites for hydroxylation is 1. The lowest BCUT2D eigenvalue weighted by Crippen LogP contribution is -1.98. The molecule has 17 heavy (non-hydrogen) atoms. The van der Waals surface area contributed by atoms with Gasteiger partial charge in [0.1, 0.15) is 12.1 Å². The maximum atomic E-state index is 5.78. The van der Waals surface area contributed by atoms with Crippen molar-refractivity contribution in [3.8, 4) is 11.3 Å². The second kappa shape index (κ2) is 4.95. The SMILES string of the molecule is CCCc1ccc(-c2ncnc(N)c2C)cc1. The van der Waals surface area contributed by atoms with E-state index in [4.69, 9.17) is 5.73 Å². The molecule has 2 rings (SSSR count). The fourth-order valence-corrected chi connectivity index (χ4v) is 1.87. The molecule has 0 aliphatic rings. The number of benzene rings is 1. The lowest BCUT2D eigenvalue weighted by Gasteiger charge is -2.07. The fourth-order valence-electron chi connectivity index (χ4n) is 1.87. The van der Waals surface area contributed by atoms with Gasteiger partial charge in [-0.3, -0.25) is 0 Å². The third-order valence-corrected chi connectivity index (χ3v) is 2.89. The highest BCUT2D eigenvalue weighted by atomic mass is 14.9. The number of nitrogens with zero attached hydrogens (tertiary/aromatic N) is 2. The van der Waals surface area contributed by atoms with Gasteiger partial charge in [0.05, 0.1) is 5.69 Å². The Bertz CT molecular complexity index is 503. The van der Waals surface area contributed by atoms with Gasteiger partial charge >= 0.3 is 0 Å². The van der Waals surface area contributed by atoms with Crippen molar-refractivity contribution >= 4 is 5.82 Å². The van der Waals surface area contributed by atoms with E-state index >= 15 is 0 Å². The topological polar surface area (TPSA) is 51.8 Å². The van der Waals surface area contributed by atoms with E-state index in [0.717, 1.165) is 23.2 Å². The van der Waals surface area contributed by atoms with Gasteiger partial charge in [-0.2, -0.15) is 0 Å². The normalized spacial score (nSPS) is 10.5. The van der Waals surface area contributed by atoms with Gasteiger partial charge in [0.25, 0.3) is 0 Å². The summed E-state index contributed by atoms with van der Waals surface area (Å²) in [5.74, 6) is 0.549. The first-order valence-electron chi connectivity index (χ1n) is 5.88. The van der Waals surface area contributed by atoms with Gasteiger partial charge in [0.15, 0.2) is 0 Å². The molecule has 2 N–H and O–H groups in total. The molecule has 0 atom stereocenters. The molecule has 0 amide bonds.